The van der Waals surface area contributed by atoms with E-state index in [4.69, 9.17) is 9.72 Å². The fourth-order valence-electron chi connectivity index (χ4n) is 4.21. The van der Waals surface area contributed by atoms with Crippen molar-refractivity contribution in [3.05, 3.63) is 40.9 Å². The van der Waals surface area contributed by atoms with Gasteiger partial charge in [0.1, 0.15) is 5.75 Å². The first-order valence-corrected chi connectivity index (χ1v) is 11.1. The molecule has 4 rings (SSSR count). The van der Waals surface area contributed by atoms with Gasteiger partial charge in [0.25, 0.3) is 0 Å². The van der Waals surface area contributed by atoms with Crippen molar-refractivity contribution < 1.29 is 9.53 Å². The molecule has 1 aliphatic heterocycles. The van der Waals surface area contributed by atoms with Gasteiger partial charge in [0.15, 0.2) is 5.13 Å². The smallest absolute Gasteiger partial charge is 0.225 e. The van der Waals surface area contributed by atoms with E-state index in [0.29, 0.717) is 18.0 Å². The van der Waals surface area contributed by atoms with E-state index in [0.717, 1.165) is 48.9 Å². The summed E-state index contributed by atoms with van der Waals surface area (Å²) in [6, 6.07) is 9.04. The molecular weight excluding hydrogens is 370 g/mol. The lowest BCUT2D eigenvalue weighted by Gasteiger charge is -2.39. The molecule has 0 N–H and O–H groups in total. The molecule has 2 fully saturated rings. The maximum absolute atomic E-state index is 12.0. The third-order valence-electron chi connectivity index (χ3n) is 5.84. The molecule has 1 aromatic carbocycles. The minimum atomic E-state index is 0.0992. The minimum absolute atomic E-state index is 0.0992. The Morgan fingerprint density at radius 3 is 2.82 bits per heavy atom. The summed E-state index contributed by atoms with van der Waals surface area (Å²) in [6.45, 7) is 5.84. The molecule has 2 atom stereocenters. The number of hydrogen-bond acceptors (Lipinski definition) is 5. The minimum Gasteiger partial charge on any atom is -0.496 e. The summed E-state index contributed by atoms with van der Waals surface area (Å²) >= 11 is 1.59. The topological polar surface area (TPSA) is 45.7 Å². The summed E-state index contributed by atoms with van der Waals surface area (Å²) in [7, 11) is 1.75. The average molecular weight is 400 g/mol. The first kappa shape index (κ1) is 19.4. The fraction of sp³-hybridized carbons (Fsp3) is 0.545. The maximum Gasteiger partial charge on any atom is 0.225 e. The molecule has 2 heterocycles. The van der Waals surface area contributed by atoms with Crippen LogP contribution in [0.5, 0.6) is 5.75 Å². The zero-order valence-corrected chi connectivity index (χ0v) is 17.7. The van der Waals surface area contributed by atoms with Crippen LogP contribution in [-0.4, -0.2) is 35.5 Å². The number of carbonyl (C=O) groups excluding carboxylic acids is 1. The molecule has 1 amide bonds. The van der Waals surface area contributed by atoms with Crippen LogP contribution in [0, 0.1) is 5.92 Å². The number of amides is 1. The third-order valence-corrected chi connectivity index (χ3v) is 6.72. The lowest BCUT2D eigenvalue weighted by molar-refractivity contribution is -0.116. The lowest BCUT2D eigenvalue weighted by Crippen LogP contribution is -2.36. The van der Waals surface area contributed by atoms with E-state index in [-0.39, 0.29) is 5.91 Å². The number of benzene rings is 1. The van der Waals surface area contributed by atoms with Crippen LogP contribution in [0.1, 0.15) is 56.8 Å². The second kappa shape index (κ2) is 8.21. The van der Waals surface area contributed by atoms with E-state index < -0.39 is 0 Å². The summed E-state index contributed by atoms with van der Waals surface area (Å²) in [5.41, 5.74) is 2.32. The van der Waals surface area contributed by atoms with Crippen molar-refractivity contribution in [2.24, 2.45) is 5.92 Å². The van der Waals surface area contributed by atoms with Crippen molar-refractivity contribution in [3.63, 3.8) is 0 Å². The van der Waals surface area contributed by atoms with E-state index in [1.54, 1.807) is 25.4 Å². The molecule has 1 saturated carbocycles. The number of ether oxygens (including phenoxy) is 1. The Kier molecular flexibility index (Phi) is 5.69. The van der Waals surface area contributed by atoms with Gasteiger partial charge in [0.2, 0.25) is 5.91 Å². The van der Waals surface area contributed by atoms with Gasteiger partial charge < -0.3 is 4.74 Å². The van der Waals surface area contributed by atoms with Gasteiger partial charge in [0.05, 0.1) is 12.8 Å². The van der Waals surface area contributed by atoms with Crippen molar-refractivity contribution in [1.82, 2.24) is 9.88 Å². The van der Waals surface area contributed by atoms with Crippen LogP contribution in [0.4, 0.5) is 5.13 Å². The second-order valence-corrected chi connectivity index (χ2v) is 8.94. The van der Waals surface area contributed by atoms with Crippen LogP contribution < -0.4 is 9.64 Å². The summed E-state index contributed by atoms with van der Waals surface area (Å²) in [5.74, 6) is 1.75. The number of rotatable bonds is 6. The normalized spacial score (nSPS) is 22.8. The van der Waals surface area contributed by atoms with E-state index in [1.165, 1.54) is 12.0 Å². The standard InChI is InChI=1S/C22H29N3O2S/c1-15-10-11-24(20(12-15)19-6-4-5-7-21(19)27-3)13-17-14-28-22(23-17)25(16(2)26)18-8-9-18/h4-7,14-15,18,20H,8-13H2,1-3H3/t15-,20+/m0/s1. The van der Waals surface area contributed by atoms with Crippen LogP contribution in [0.15, 0.2) is 29.6 Å². The highest BCUT2D eigenvalue weighted by Gasteiger charge is 2.34. The van der Waals surface area contributed by atoms with Crippen LogP contribution in [0.2, 0.25) is 0 Å². The Morgan fingerprint density at radius 1 is 1.32 bits per heavy atom. The third kappa shape index (κ3) is 4.08. The molecule has 2 aliphatic rings. The van der Waals surface area contributed by atoms with Gasteiger partial charge in [-0.3, -0.25) is 14.6 Å². The predicted octanol–water partition coefficient (Wildman–Crippen LogP) is 4.64. The summed E-state index contributed by atoms with van der Waals surface area (Å²) in [4.78, 5) is 21.3. The van der Waals surface area contributed by atoms with Crippen LogP contribution >= 0.6 is 11.3 Å². The molecule has 1 saturated heterocycles. The summed E-state index contributed by atoms with van der Waals surface area (Å²) in [6.07, 6.45) is 4.51. The lowest BCUT2D eigenvalue weighted by atomic mass is 9.88. The number of para-hydroxylation sites is 1. The zero-order valence-electron chi connectivity index (χ0n) is 16.9. The average Bonchev–Trinajstić information content (AvgIpc) is 3.41. The Morgan fingerprint density at radius 2 is 2.11 bits per heavy atom. The predicted molar refractivity (Wildman–Crippen MR) is 113 cm³/mol. The number of carbonyl (C=O) groups is 1. The number of nitrogens with zero attached hydrogens (tertiary/aromatic N) is 3. The van der Waals surface area contributed by atoms with Crippen LogP contribution in [0.3, 0.4) is 0 Å². The monoisotopic (exact) mass is 399 g/mol. The molecule has 0 radical (unpaired) electrons. The number of piperidine rings is 1. The van der Waals surface area contributed by atoms with Crippen molar-refractivity contribution in [1.29, 1.82) is 0 Å². The van der Waals surface area contributed by atoms with Crippen molar-refractivity contribution in [2.45, 2.75) is 58.2 Å². The molecule has 28 heavy (non-hydrogen) atoms. The Labute approximate surface area is 171 Å². The second-order valence-electron chi connectivity index (χ2n) is 8.10. The quantitative estimate of drug-likeness (QED) is 0.710. The zero-order chi connectivity index (χ0) is 19.7. The van der Waals surface area contributed by atoms with Gasteiger partial charge in [-0.2, -0.15) is 0 Å². The molecule has 1 aliphatic carbocycles. The highest BCUT2D eigenvalue weighted by atomic mass is 32.1. The van der Waals surface area contributed by atoms with Gasteiger partial charge in [-0.25, -0.2) is 4.98 Å². The molecule has 6 heteroatoms. The number of anilines is 1. The first-order valence-electron chi connectivity index (χ1n) is 10.2. The maximum atomic E-state index is 12.0. The Bertz CT molecular complexity index is 833. The number of hydrogen-bond donors (Lipinski definition) is 0. The van der Waals surface area contributed by atoms with Crippen molar-refractivity contribution in [3.8, 4) is 5.75 Å². The number of methoxy groups -OCH3 is 1. The summed E-state index contributed by atoms with van der Waals surface area (Å²) < 4.78 is 5.64. The highest BCUT2D eigenvalue weighted by Crippen LogP contribution is 2.39. The number of aromatic nitrogens is 1. The Balaban J connectivity index is 1.55. The van der Waals surface area contributed by atoms with E-state index in [2.05, 4.69) is 29.3 Å². The van der Waals surface area contributed by atoms with E-state index >= 15 is 0 Å². The van der Waals surface area contributed by atoms with E-state index in [1.807, 2.05) is 17.0 Å². The Hall–Kier alpha value is -1.92. The van der Waals surface area contributed by atoms with Crippen LogP contribution in [0.25, 0.3) is 0 Å². The molecule has 0 spiro atoms. The molecule has 150 valence electrons. The number of thiazole rings is 1. The van der Waals surface area contributed by atoms with Gasteiger partial charge in [-0.1, -0.05) is 25.1 Å². The van der Waals surface area contributed by atoms with Crippen LogP contribution in [-0.2, 0) is 11.3 Å². The fourth-order valence-corrected chi connectivity index (χ4v) is 5.14. The van der Waals surface area contributed by atoms with Gasteiger partial charge >= 0.3 is 0 Å². The number of likely N-dealkylation sites (tertiary alicyclic amines) is 1. The SMILES string of the molecule is COc1ccccc1[C@H]1C[C@@H](C)CCN1Cc1csc(N(C(C)=O)C2CC2)n1. The van der Waals surface area contributed by atoms with Gasteiger partial charge in [-0.05, 0) is 44.2 Å². The van der Waals surface area contributed by atoms with Crippen molar-refractivity contribution >= 4 is 22.4 Å². The molecule has 2 aromatic rings. The molecular formula is C22H29N3O2S. The largest absolute Gasteiger partial charge is 0.496 e. The van der Waals surface area contributed by atoms with E-state index in [9.17, 15) is 4.79 Å². The molecule has 1 aromatic heterocycles. The van der Waals surface area contributed by atoms with Gasteiger partial charge in [-0.15, -0.1) is 11.3 Å². The molecule has 0 unspecified atom stereocenters. The van der Waals surface area contributed by atoms with Crippen molar-refractivity contribution in [2.75, 3.05) is 18.6 Å². The molecule has 0 bridgehead atoms. The molecule has 5 nitrogen and oxygen atoms in total. The summed E-state index contributed by atoms with van der Waals surface area (Å²) in [5, 5.41) is 2.97. The first-order chi connectivity index (χ1) is 13.6. The van der Waals surface area contributed by atoms with Gasteiger partial charge in [0, 0.05) is 36.5 Å². The highest BCUT2D eigenvalue weighted by molar-refractivity contribution is 7.14.